The molecular weight excluding hydrogens is 577 g/mol. The van der Waals surface area contributed by atoms with E-state index >= 15 is 0 Å². The van der Waals surface area contributed by atoms with E-state index in [4.69, 9.17) is 22.6 Å². The molecule has 4 rings (SSSR count). The number of H-pyrrole nitrogens is 1. The number of nitrogens with two attached hydrogens (primary N) is 3. The van der Waals surface area contributed by atoms with Crippen molar-refractivity contribution in [2.24, 2.45) is 22.2 Å². The van der Waals surface area contributed by atoms with Crippen LogP contribution in [0.5, 0.6) is 0 Å². The highest BCUT2D eigenvalue weighted by atomic mass is 32.2. The Morgan fingerprint density at radius 2 is 1.86 bits per heavy atom. The lowest BCUT2D eigenvalue weighted by Gasteiger charge is -2.25. The fourth-order valence-corrected chi connectivity index (χ4v) is 5.64. The number of anilines is 1. The number of benzene rings is 2. The smallest absolute Gasteiger partial charge is 0.370 e. The van der Waals surface area contributed by atoms with Crippen molar-refractivity contribution in [2.75, 3.05) is 11.4 Å². The predicted molar refractivity (Wildman–Crippen MR) is 166 cm³/mol. The van der Waals surface area contributed by atoms with Crippen molar-refractivity contribution in [3.8, 4) is 11.3 Å². The van der Waals surface area contributed by atoms with Crippen LogP contribution >= 0.6 is 11.8 Å². The van der Waals surface area contributed by atoms with Crippen molar-refractivity contribution < 1.29 is 18.3 Å². The van der Waals surface area contributed by atoms with Gasteiger partial charge in [0.25, 0.3) is 0 Å². The summed E-state index contributed by atoms with van der Waals surface area (Å²) in [5, 5.41) is 21.5. The van der Waals surface area contributed by atoms with Gasteiger partial charge in [0.15, 0.2) is 5.96 Å². The van der Waals surface area contributed by atoms with E-state index in [-0.39, 0.29) is 34.7 Å². The van der Waals surface area contributed by atoms with Crippen LogP contribution in [0.15, 0.2) is 58.4 Å². The van der Waals surface area contributed by atoms with E-state index in [1.165, 1.54) is 6.07 Å². The molecule has 0 saturated heterocycles. The second-order valence-electron chi connectivity index (χ2n) is 10.8. The van der Waals surface area contributed by atoms with Gasteiger partial charge >= 0.3 is 5.51 Å². The highest BCUT2D eigenvalue weighted by Gasteiger charge is 2.29. The number of hydrogen-bond acceptors (Lipinski definition) is 7. The fourth-order valence-electron chi connectivity index (χ4n) is 4.98. The quantitative estimate of drug-likeness (QED) is 0.0665. The van der Waals surface area contributed by atoms with Crippen LogP contribution in [0.25, 0.3) is 17.5 Å². The molecular formula is C30H39F3N8OS. The molecule has 2 aromatic carbocycles. The summed E-state index contributed by atoms with van der Waals surface area (Å²) in [5.74, 6) is -0.0431. The molecule has 9 nitrogen and oxygen atoms in total. The maximum Gasteiger partial charge on any atom is 0.446 e. The van der Waals surface area contributed by atoms with Crippen LogP contribution in [0.1, 0.15) is 56.2 Å². The van der Waals surface area contributed by atoms with Crippen molar-refractivity contribution in [3.63, 3.8) is 0 Å². The number of aromatic amines is 1. The zero-order valence-electron chi connectivity index (χ0n) is 24.0. The Labute approximate surface area is 252 Å². The molecule has 3 atom stereocenters. The lowest BCUT2D eigenvalue weighted by atomic mass is 10.0. The Morgan fingerprint density at radius 3 is 2.53 bits per heavy atom. The molecule has 1 unspecified atom stereocenters. The van der Waals surface area contributed by atoms with E-state index in [1.807, 2.05) is 43.3 Å². The Morgan fingerprint density at radius 1 is 1.12 bits per heavy atom. The largest absolute Gasteiger partial charge is 0.446 e. The third-order valence-corrected chi connectivity index (χ3v) is 7.81. The van der Waals surface area contributed by atoms with Gasteiger partial charge in [0.2, 0.25) is 6.35 Å². The van der Waals surface area contributed by atoms with Gasteiger partial charge < -0.3 is 37.5 Å². The summed E-state index contributed by atoms with van der Waals surface area (Å²) in [5.41, 5.74) is 17.2. The van der Waals surface area contributed by atoms with E-state index in [9.17, 15) is 18.3 Å². The predicted octanol–water partition coefficient (Wildman–Crippen LogP) is 3.77. The van der Waals surface area contributed by atoms with E-state index in [2.05, 4.69) is 15.3 Å². The third kappa shape index (κ3) is 9.48. The number of nitrogens with one attached hydrogen (secondary N) is 3. The average Bonchev–Trinajstić information content (AvgIpc) is 3.34. The Bertz CT molecular complexity index is 1510. The van der Waals surface area contributed by atoms with Crippen LogP contribution in [-0.4, -0.2) is 40.5 Å². The summed E-state index contributed by atoms with van der Waals surface area (Å²) in [6.45, 7) is 2.54. The number of rotatable bonds is 13. The first-order valence-electron chi connectivity index (χ1n) is 14.2. The highest BCUT2D eigenvalue weighted by molar-refractivity contribution is 8.00. The number of aliphatic hydroxyl groups excluding tert-OH is 1. The maximum absolute atomic E-state index is 13.2. The topological polar surface area (TPSA) is 166 Å². The number of aromatic nitrogens is 1. The maximum atomic E-state index is 13.2. The summed E-state index contributed by atoms with van der Waals surface area (Å²) < 4.78 is 39.7. The van der Waals surface area contributed by atoms with Crippen molar-refractivity contribution in [1.29, 1.82) is 5.41 Å². The Kier molecular flexibility index (Phi) is 10.8. The molecule has 1 aliphatic rings. The summed E-state index contributed by atoms with van der Waals surface area (Å²) in [4.78, 5) is 9.30. The third-order valence-electron chi connectivity index (χ3n) is 7.11. The molecule has 1 aliphatic heterocycles. The minimum atomic E-state index is -4.41. The molecule has 13 heteroatoms. The first-order valence-corrected chi connectivity index (χ1v) is 15.0. The molecule has 0 spiro atoms. The number of halogens is 3. The van der Waals surface area contributed by atoms with Gasteiger partial charge in [-0.15, -0.1) is 0 Å². The van der Waals surface area contributed by atoms with Gasteiger partial charge in [0, 0.05) is 46.3 Å². The van der Waals surface area contributed by atoms with Gasteiger partial charge in [-0.25, -0.2) is 4.99 Å². The highest BCUT2D eigenvalue weighted by Crippen LogP contribution is 2.39. The molecule has 0 aliphatic carbocycles. The minimum absolute atomic E-state index is 0.0221. The van der Waals surface area contributed by atoms with Crippen LogP contribution in [-0.2, 0) is 6.42 Å². The number of fused-ring (bicyclic) bond motifs is 1. The van der Waals surface area contributed by atoms with E-state index in [0.717, 1.165) is 43.2 Å². The van der Waals surface area contributed by atoms with Crippen molar-refractivity contribution >= 4 is 29.6 Å². The summed E-state index contributed by atoms with van der Waals surface area (Å²) >= 11 is -0.135. The molecule has 3 aromatic rings. The van der Waals surface area contributed by atoms with E-state index in [1.54, 1.807) is 17.2 Å². The monoisotopic (exact) mass is 616 g/mol. The Balaban J connectivity index is 1.52. The van der Waals surface area contributed by atoms with E-state index in [0.29, 0.717) is 40.6 Å². The SMILES string of the molecule is C[C@H](N)CCCc1cc(SC(F)(F)F)cc(-c2cc3c([nH]2)=NC(O)N(c2ccc([C@H](N)CCCCNC(=N)N)cc2)C=3)c1. The number of nitrogens with zero attached hydrogens (tertiary/aromatic N) is 2. The first kappa shape index (κ1) is 32.4. The first-order chi connectivity index (χ1) is 20.4. The number of aryl methyl sites for hydroxylation is 1. The van der Waals surface area contributed by atoms with Crippen LogP contribution in [0.3, 0.4) is 0 Å². The van der Waals surface area contributed by atoms with Crippen LogP contribution in [0.4, 0.5) is 18.9 Å². The molecule has 43 heavy (non-hydrogen) atoms. The molecule has 1 aromatic heterocycles. The molecule has 10 N–H and O–H groups in total. The summed E-state index contributed by atoms with van der Waals surface area (Å²) in [6.07, 6.45) is 5.24. The molecule has 0 radical (unpaired) electrons. The number of thioether (sulfide) groups is 1. The minimum Gasteiger partial charge on any atom is -0.370 e. The van der Waals surface area contributed by atoms with Gasteiger partial charge in [0.05, 0.1) is 0 Å². The molecule has 0 fully saturated rings. The molecule has 2 heterocycles. The molecule has 232 valence electrons. The van der Waals surface area contributed by atoms with Crippen LogP contribution in [0, 0.1) is 5.41 Å². The number of alkyl halides is 3. The average molecular weight is 617 g/mol. The summed E-state index contributed by atoms with van der Waals surface area (Å²) in [7, 11) is 0. The second kappa shape index (κ2) is 14.3. The van der Waals surface area contributed by atoms with Crippen molar-refractivity contribution in [2.45, 2.75) is 74.3 Å². The van der Waals surface area contributed by atoms with Gasteiger partial charge in [-0.2, -0.15) is 13.2 Å². The van der Waals surface area contributed by atoms with Crippen molar-refractivity contribution in [3.05, 3.63) is 70.4 Å². The normalized spacial score (nSPS) is 16.2. The van der Waals surface area contributed by atoms with Gasteiger partial charge in [-0.05, 0) is 110 Å². The lowest BCUT2D eigenvalue weighted by Crippen LogP contribution is -2.41. The van der Waals surface area contributed by atoms with Gasteiger partial charge in [-0.3, -0.25) is 5.41 Å². The number of guanidine groups is 1. The number of hydrogen-bond donors (Lipinski definition) is 7. The van der Waals surface area contributed by atoms with Crippen LogP contribution in [0.2, 0.25) is 0 Å². The zero-order chi connectivity index (χ0) is 31.1. The fraction of sp³-hybridized carbons (Fsp3) is 0.400. The van der Waals surface area contributed by atoms with Crippen LogP contribution < -0.4 is 38.1 Å². The lowest BCUT2D eigenvalue weighted by molar-refractivity contribution is -0.0328. The second-order valence-corrected chi connectivity index (χ2v) is 12.0. The number of unbranched alkanes of at least 4 members (excludes halogenated alkanes) is 1. The summed E-state index contributed by atoms with van der Waals surface area (Å²) in [6, 6.07) is 14.2. The Hall–Kier alpha value is -3.52. The standard InChI is InChI=1S/C30H39F3N8OS/c1-18(34)5-4-6-19-13-21(15-24(14-19)43-30(31,32)33)26-16-22-17-41(29(42)40-27(22)39-26)23-10-8-20(9-11-23)25(35)7-2-3-12-38-28(36)37/h8-11,13-18,25,29,42H,2-7,12,34-35H2,1H3,(H,39,40)(H4,36,37,38)/t18-,25+,29?/m0/s1. The van der Waals surface area contributed by atoms with Gasteiger partial charge in [-0.1, -0.05) is 12.1 Å². The van der Waals surface area contributed by atoms with Crippen molar-refractivity contribution in [1.82, 2.24) is 10.3 Å². The number of aliphatic hydroxyl groups is 1. The molecule has 0 bridgehead atoms. The molecule has 0 amide bonds. The zero-order valence-corrected chi connectivity index (χ0v) is 24.8. The van der Waals surface area contributed by atoms with Gasteiger partial charge in [0.1, 0.15) is 5.49 Å². The van der Waals surface area contributed by atoms with E-state index < -0.39 is 11.9 Å². The molecule has 0 saturated carbocycles.